The van der Waals surface area contributed by atoms with Crippen molar-refractivity contribution in [3.8, 4) is 0 Å². The Morgan fingerprint density at radius 3 is 2.67 bits per heavy atom. The fourth-order valence-corrected chi connectivity index (χ4v) is 3.24. The van der Waals surface area contributed by atoms with Crippen molar-refractivity contribution in [3.63, 3.8) is 0 Å². The van der Waals surface area contributed by atoms with Gasteiger partial charge in [-0.25, -0.2) is 0 Å². The number of hydrogen-bond acceptors (Lipinski definition) is 4. The van der Waals surface area contributed by atoms with Gasteiger partial charge in [-0.15, -0.1) is 0 Å². The van der Waals surface area contributed by atoms with E-state index in [-0.39, 0.29) is 11.4 Å². The summed E-state index contributed by atoms with van der Waals surface area (Å²) >= 11 is 0. The number of aromatic nitrogens is 1. The van der Waals surface area contributed by atoms with Crippen LogP contribution in [0.4, 0.5) is 0 Å². The van der Waals surface area contributed by atoms with Crippen molar-refractivity contribution in [3.05, 3.63) is 41.4 Å². The van der Waals surface area contributed by atoms with E-state index in [1.54, 1.807) is 23.2 Å². The van der Waals surface area contributed by atoms with Gasteiger partial charge in [-0.1, -0.05) is 39.2 Å². The molecule has 0 saturated heterocycles. The standard InChI is InChI=1S/C19H26N2O3/c1-4-6-9-14(5-2)12-21-17(15-10-7-8-11-20-15)16(13(3)22)18(23)19(21)24/h7-8,10-11,14,17,23H,4-6,9,12H2,1-3H3/t14-,17+/m0/s1. The first-order valence-electron chi connectivity index (χ1n) is 8.67. The Morgan fingerprint density at radius 2 is 2.12 bits per heavy atom. The molecule has 5 nitrogen and oxygen atoms in total. The third-order valence-electron chi connectivity index (χ3n) is 4.65. The van der Waals surface area contributed by atoms with E-state index in [4.69, 9.17) is 0 Å². The van der Waals surface area contributed by atoms with Crippen molar-refractivity contribution >= 4 is 11.7 Å². The second kappa shape index (κ2) is 8.08. The van der Waals surface area contributed by atoms with Gasteiger partial charge in [0.1, 0.15) is 6.04 Å². The van der Waals surface area contributed by atoms with E-state index in [2.05, 4.69) is 18.8 Å². The van der Waals surface area contributed by atoms with Crippen molar-refractivity contribution in [2.75, 3.05) is 6.54 Å². The van der Waals surface area contributed by atoms with Crippen LogP contribution in [0, 0.1) is 5.92 Å². The summed E-state index contributed by atoms with van der Waals surface area (Å²) in [5, 5.41) is 10.2. The topological polar surface area (TPSA) is 70.5 Å². The summed E-state index contributed by atoms with van der Waals surface area (Å²) in [5.74, 6) is -0.839. The number of Topliss-reactive ketones (excluding diaryl/α,β-unsaturated/α-hetero) is 1. The molecule has 5 heteroatoms. The summed E-state index contributed by atoms with van der Waals surface area (Å²) in [6, 6.07) is 4.82. The molecule has 2 atom stereocenters. The van der Waals surface area contributed by atoms with Gasteiger partial charge in [-0.05, 0) is 31.4 Å². The molecule has 1 amide bonds. The molecule has 0 fully saturated rings. The minimum Gasteiger partial charge on any atom is -0.503 e. The summed E-state index contributed by atoms with van der Waals surface area (Å²) in [6.45, 7) is 6.16. The molecule has 130 valence electrons. The molecule has 0 aromatic carbocycles. The third-order valence-corrected chi connectivity index (χ3v) is 4.65. The predicted molar refractivity (Wildman–Crippen MR) is 92.3 cm³/mol. The maximum Gasteiger partial charge on any atom is 0.290 e. The first-order valence-corrected chi connectivity index (χ1v) is 8.67. The number of unbranched alkanes of at least 4 members (excludes halogenated alkanes) is 1. The summed E-state index contributed by atoms with van der Waals surface area (Å²) in [7, 11) is 0. The van der Waals surface area contributed by atoms with Crippen molar-refractivity contribution in [2.24, 2.45) is 5.92 Å². The predicted octanol–water partition coefficient (Wildman–Crippen LogP) is 3.58. The van der Waals surface area contributed by atoms with Crippen LogP contribution >= 0.6 is 0 Å². The number of hydrogen-bond donors (Lipinski definition) is 1. The molecule has 0 spiro atoms. The number of aliphatic hydroxyl groups excluding tert-OH is 1. The zero-order chi connectivity index (χ0) is 17.7. The molecule has 2 rings (SSSR count). The molecule has 0 aliphatic carbocycles. The number of ketones is 1. The average Bonchev–Trinajstić information content (AvgIpc) is 2.84. The van der Waals surface area contributed by atoms with E-state index < -0.39 is 17.7 Å². The highest BCUT2D eigenvalue weighted by Gasteiger charge is 2.43. The Kier molecular flexibility index (Phi) is 6.12. The van der Waals surface area contributed by atoms with Gasteiger partial charge >= 0.3 is 0 Å². The Balaban J connectivity index is 2.35. The molecule has 0 unspecified atom stereocenters. The van der Waals surface area contributed by atoms with E-state index in [0.29, 0.717) is 18.2 Å². The van der Waals surface area contributed by atoms with Gasteiger partial charge in [0, 0.05) is 12.7 Å². The molecule has 1 aromatic heterocycles. The van der Waals surface area contributed by atoms with Crippen LogP contribution in [0.3, 0.4) is 0 Å². The Hall–Kier alpha value is -2.17. The number of amides is 1. The van der Waals surface area contributed by atoms with Gasteiger partial charge in [0.25, 0.3) is 5.91 Å². The maximum absolute atomic E-state index is 12.6. The second-order valence-corrected chi connectivity index (χ2v) is 6.35. The number of nitrogens with zero attached hydrogens (tertiary/aromatic N) is 2. The van der Waals surface area contributed by atoms with Gasteiger partial charge in [0.15, 0.2) is 11.5 Å². The Morgan fingerprint density at radius 1 is 1.38 bits per heavy atom. The lowest BCUT2D eigenvalue weighted by molar-refractivity contribution is -0.130. The largest absolute Gasteiger partial charge is 0.503 e. The van der Waals surface area contributed by atoms with Crippen LogP contribution < -0.4 is 0 Å². The van der Waals surface area contributed by atoms with Crippen LogP contribution in [0.25, 0.3) is 0 Å². The number of carbonyl (C=O) groups excluding carboxylic acids is 2. The molecule has 2 heterocycles. The molecule has 1 N–H and O–H groups in total. The average molecular weight is 330 g/mol. The Labute approximate surface area is 143 Å². The maximum atomic E-state index is 12.6. The van der Waals surface area contributed by atoms with E-state index in [9.17, 15) is 14.7 Å². The fraction of sp³-hybridized carbons (Fsp3) is 0.526. The minimum absolute atomic E-state index is 0.157. The second-order valence-electron chi connectivity index (χ2n) is 6.35. The molecular formula is C19H26N2O3. The fourth-order valence-electron chi connectivity index (χ4n) is 3.24. The summed E-state index contributed by atoms with van der Waals surface area (Å²) in [4.78, 5) is 30.5. The smallest absolute Gasteiger partial charge is 0.290 e. The van der Waals surface area contributed by atoms with Crippen molar-refractivity contribution in [1.29, 1.82) is 0 Å². The van der Waals surface area contributed by atoms with E-state index in [0.717, 1.165) is 25.7 Å². The highest BCUT2D eigenvalue weighted by atomic mass is 16.3. The quantitative estimate of drug-likeness (QED) is 0.791. The van der Waals surface area contributed by atoms with Gasteiger partial charge in [-0.3, -0.25) is 14.6 Å². The summed E-state index contributed by atoms with van der Waals surface area (Å²) in [6.07, 6.45) is 5.83. The van der Waals surface area contributed by atoms with Gasteiger partial charge in [0.2, 0.25) is 0 Å². The van der Waals surface area contributed by atoms with Crippen LogP contribution in [0.2, 0.25) is 0 Å². The van der Waals surface area contributed by atoms with Crippen LogP contribution in [-0.2, 0) is 9.59 Å². The van der Waals surface area contributed by atoms with Gasteiger partial charge in [-0.2, -0.15) is 0 Å². The third kappa shape index (κ3) is 3.66. The molecule has 1 aliphatic rings. The number of carbonyl (C=O) groups is 2. The zero-order valence-electron chi connectivity index (χ0n) is 14.7. The Bertz CT molecular complexity index is 625. The van der Waals surface area contributed by atoms with Crippen LogP contribution in [0.5, 0.6) is 0 Å². The van der Waals surface area contributed by atoms with Crippen LogP contribution in [-0.4, -0.2) is 33.2 Å². The molecule has 0 radical (unpaired) electrons. The summed E-state index contributed by atoms with van der Waals surface area (Å²) < 4.78 is 0. The van der Waals surface area contributed by atoms with Crippen LogP contribution in [0.15, 0.2) is 35.7 Å². The highest BCUT2D eigenvalue weighted by Crippen LogP contribution is 2.37. The normalized spacial score (nSPS) is 19.0. The lowest BCUT2D eigenvalue weighted by Gasteiger charge is -2.29. The molecule has 24 heavy (non-hydrogen) atoms. The highest BCUT2D eigenvalue weighted by molar-refractivity contribution is 6.08. The van der Waals surface area contributed by atoms with Crippen molar-refractivity contribution in [2.45, 2.75) is 52.5 Å². The number of rotatable bonds is 8. The SMILES string of the molecule is CCCC[C@H](CC)CN1C(=O)C(O)=C(C(C)=O)[C@H]1c1ccccn1. The van der Waals surface area contributed by atoms with E-state index in [1.807, 2.05) is 6.07 Å². The molecule has 1 aromatic rings. The lowest BCUT2D eigenvalue weighted by atomic mass is 9.96. The molecular weight excluding hydrogens is 304 g/mol. The minimum atomic E-state index is -0.591. The number of aliphatic hydroxyl groups is 1. The molecule has 0 bridgehead atoms. The van der Waals surface area contributed by atoms with Crippen LogP contribution in [0.1, 0.15) is 58.2 Å². The molecule has 1 aliphatic heterocycles. The van der Waals surface area contributed by atoms with Crippen molar-refractivity contribution < 1.29 is 14.7 Å². The van der Waals surface area contributed by atoms with Crippen molar-refractivity contribution in [1.82, 2.24) is 9.88 Å². The lowest BCUT2D eigenvalue weighted by Crippen LogP contribution is -2.35. The first kappa shape index (κ1) is 18.2. The van der Waals surface area contributed by atoms with Gasteiger partial charge in [0.05, 0.1) is 11.3 Å². The molecule has 0 saturated carbocycles. The summed E-state index contributed by atoms with van der Waals surface area (Å²) in [5.41, 5.74) is 0.773. The van der Waals surface area contributed by atoms with E-state index >= 15 is 0 Å². The zero-order valence-corrected chi connectivity index (χ0v) is 14.7. The first-order chi connectivity index (χ1) is 11.5. The van der Waals surface area contributed by atoms with Gasteiger partial charge < -0.3 is 10.0 Å². The monoisotopic (exact) mass is 330 g/mol. The van der Waals surface area contributed by atoms with E-state index in [1.165, 1.54) is 6.92 Å². The number of pyridine rings is 1.